The maximum atomic E-state index is 15.0. The molecule has 5 heterocycles. The van der Waals surface area contributed by atoms with E-state index in [1.54, 1.807) is 34.6 Å². The van der Waals surface area contributed by atoms with Crippen molar-refractivity contribution in [2.45, 2.75) is 191 Å². The highest BCUT2D eigenvalue weighted by molar-refractivity contribution is 8.76. The molecule has 92 heavy (non-hydrogen) atoms. The number of rotatable bonds is 13. The van der Waals surface area contributed by atoms with Gasteiger partial charge in [0.2, 0.25) is 76.8 Å². The SMILES string of the molecule is CC[C@@H](C)[C@@H]1NC(=O)[C@@H]2CSSC[C@H](NC(=O)[C@@H]([C@H](C)CC)NC(=O)CNC(=O)[C@H]3CCCN3C1=O)C(=O)N[C@H](Cc1ccc(O)cc1)C(=O)N[C@H](CCCCN)C(=O)N[C@H](CO)C(=O)N[C@H]([C@H](C)CC)C(=O)N1CCC[C@H]1C(=O)N1CCC[C@H]1C(=O)NCC(=O)N2. The van der Waals surface area contributed by atoms with E-state index in [2.05, 4.69) is 53.2 Å². The van der Waals surface area contributed by atoms with Crippen molar-refractivity contribution in [1.29, 1.82) is 0 Å². The Kier molecular flexibility index (Phi) is 28.6. The van der Waals surface area contributed by atoms with Gasteiger partial charge in [-0.2, -0.15) is 0 Å². The van der Waals surface area contributed by atoms with Gasteiger partial charge in [0.25, 0.3) is 0 Å². The molecule has 1 aromatic rings. The molecule has 29 nitrogen and oxygen atoms in total. The number of amides is 13. The molecule has 0 saturated carbocycles. The third-order valence-corrected chi connectivity index (χ3v) is 20.4. The van der Waals surface area contributed by atoms with E-state index in [0.29, 0.717) is 50.5 Å². The molecule has 510 valence electrons. The van der Waals surface area contributed by atoms with E-state index in [9.17, 15) is 72.5 Å². The summed E-state index contributed by atoms with van der Waals surface area (Å²) in [5, 5.41) is 47.6. The van der Waals surface area contributed by atoms with E-state index in [1.807, 2.05) is 6.92 Å². The second kappa shape index (κ2) is 35.7. The zero-order chi connectivity index (χ0) is 67.3. The molecule has 1 aromatic carbocycles. The first-order valence-electron chi connectivity index (χ1n) is 32.2. The summed E-state index contributed by atoms with van der Waals surface area (Å²) in [4.78, 5) is 191. The van der Waals surface area contributed by atoms with E-state index >= 15 is 0 Å². The fourth-order valence-electron chi connectivity index (χ4n) is 11.8. The lowest BCUT2D eigenvalue weighted by Crippen LogP contribution is -2.62. The number of phenols is 1. The highest BCUT2D eigenvalue weighted by atomic mass is 33.1. The van der Waals surface area contributed by atoms with Gasteiger partial charge >= 0.3 is 0 Å². The van der Waals surface area contributed by atoms with Gasteiger partial charge in [-0.1, -0.05) is 94.5 Å². The van der Waals surface area contributed by atoms with Crippen LogP contribution in [-0.4, -0.2) is 226 Å². The van der Waals surface area contributed by atoms with Crippen LogP contribution < -0.4 is 58.9 Å². The average Bonchev–Trinajstić information content (AvgIpc) is 1.66. The van der Waals surface area contributed by atoms with Gasteiger partial charge in [0.1, 0.15) is 72.2 Å². The Morgan fingerprint density at radius 3 is 1.46 bits per heavy atom. The number of unbranched alkanes of at least 4 members (excludes halogenated alkanes) is 1. The number of aliphatic hydroxyl groups excluding tert-OH is 1. The van der Waals surface area contributed by atoms with Crippen LogP contribution in [0.15, 0.2) is 24.3 Å². The van der Waals surface area contributed by atoms with Crippen LogP contribution in [0.3, 0.4) is 0 Å². The molecule has 2 bridgehead atoms. The Balaban J connectivity index is 1.44. The van der Waals surface area contributed by atoms with E-state index in [-0.39, 0.29) is 82.0 Å². The number of hydrogen-bond donors (Lipinski definition) is 13. The summed E-state index contributed by atoms with van der Waals surface area (Å²) < 4.78 is 0. The quantitative estimate of drug-likeness (QED) is 0.0729. The minimum Gasteiger partial charge on any atom is -0.508 e. The molecule has 5 saturated heterocycles. The summed E-state index contributed by atoms with van der Waals surface area (Å²) in [6.45, 7) is 8.90. The predicted octanol–water partition coefficient (Wildman–Crippen LogP) is -2.31. The first kappa shape index (κ1) is 73.8. The summed E-state index contributed by atoms with van der Waals surface area (Å²) in [5.74, 6) is -12.4. The molecule has 5 aliphatic heterocycles. The van der Waals surface area contributed by atoms with Gasteiger partial charge in [-0.05, 0) is 99.8 Å². The lowest BCUT2D eigenvalue weighted by Gasteiger charge is -2.34. The molecule has 0 spiro atoms. The Morgan fingerprint density at radius 2 is 0.924 bits per heavy atom. The second-order valence-electron chi connectivity index (χ2n) is 24.5. The zero-order valence-corrected chi connectivity index (χ0v) is 55.0. The second-order valence-corrected chi connectivity index (χ2v) is 27.0. The van der Waals surface area contributed by atoms with E-state index in [0.717, 1.165) is 21.6 Å². The van der Waals surface area contributed by atoms with Crippen LogP contribution in [0.4, 0.5) is 0 Å². The van der Waals surface area contributed by atoms with Crippen molar-refractivity contribution in [2.24, 2.45) is 23.5 Å². The molecule has 13 amide bonds. The van der Waals surface area contributed by atoms with Crippen LogP contribution in [0.25, 0.3) is 0 Å². The number of hydrogen-bond acceptors (Lipinski definition) is 18. The minimum atomic E-state index is -1.68. The van der Waals surface area contributed by atoms with E-state index in [4.69, 9.17) is 5.73 Å². The van der Waals surface area contributed by atoms with Gasteiger partial charge < -0.3 is 83.8 Å². The van der Waals surface area contributed by atoms with Crippen LogP contribution in [-0.2, 0) is 68.7 Å². The van der Waals surface area contributed by atoms with Crippen molar-refractivity contribution < 1.29 is 72.5 Å². The van der Waals surface area contributed by atoms with E-state index in [1.165, 1.54) is 39.0 Å². The van der Waals surface area contributed by atoms with Gasteiger partial charge in [-0.3, -0.25) is 62.3 Å². The number of aromatic hydroxyl groups is 1. The number of nitrogens with zero attached hydrogens (tertiary/aromatic N) is 3. The van der Waals surface area contributed by atoms with Crippen LogP contribution >= 0.6 is 21.6 Å². The molecule has 5 aliphatic rings. The number of fused-ring (bicyclic) bond motifs is 8. The number of carbonyl (C=O) groups excluding carboxylic acids is 13. The Bertz CT molecular complexity index is 2820. The molecule has 6 rings (SSSR count). The van der Waals surface area contributed by atoms with E-state index < -0.39 is 181 Å². The number of aliphatic hydroxyl groups is 1. The van der Waals surface area contributed by atoms with Crippen LogP contribution in [0.2, 0.25) is 0 Å². The minimum absolute atomic E-state index is 0.0572. The van der Waals surface area contributed by atoms with Gasteiger partial charge in [0, 0.05) is 37.6 Å². The topological polar surface area (TPSA) is 418 Å². The summed E-state index contributed by atoms with van der Waals surface area (Å²) in [6.07, 6.45) is 3.36. The largest absolute Gasteiger partial charge is 0.508 e. The van der Waals surface area contributed by atoms with Crippen molar-refractivity contribution in [2.75, 3.05) is 57.4 Å². The van der Waals surface area contributed by atoms with Gasteiger partial charge in [-0.25, -0.2) is 0 Å². The lowest BCUT2D eigenvalue weighted by atomic mass is 9.96. The van der Waals surface area contributed by atoms with Crippen molar-refractivity contribution in [3.8, 4) is 5.75 Å². The maximum absolute atomic E-state index is 15.0. The van der Waals surface area contributed by atoms with Crippen molar-refractivity contribution in [3.05, 3.63) is 29.8 Å². The number of carbonyl (C=O) groups is 13. The third kappa shape index (κ3) is 19.9. The third-order valence-electron chi connectivity index (χ3n) is 18.0. The average molecular weight is 1330 g/mol. The highest BCUT2D eigenvalue weighted by Gasteiger charge is 2.46. The van der Waals surface area contributed by atoms with Crippen molar-refractivity contribution >= 4 is 98.4 Å². The molecule has 0 aromatic heterocycles. The van der Waals surface area contributed by atoms with Crippen LogP contribution in [0, 0.1) is 17.8 Å². The number of phenolic OH excluding ortho intramolecular Hbond substituents is 1. The first-order valence-corrected chi connectivity index (χ1v) is 34.6. The Hall–Kier alpha value is -7.25. The van der Waals surface area contributed by atoms with Gasteiger partial charge in [0.15, 0.2) is 0 Å². The monoisotopic (exact) mass is 1330 g/mol. The summed E-state index contributed by atoms with van der Waals surface area (Å²) >= 11 is 0. The summed E-state index contributed by atoms with van der Waals surface area (Å²) in [6, 6.07) is -8.87. The van der Waals surface area contributed by atoms with Crippen LogP contribution in [0.5, 0.6) is 5.75 Å². The normalized spacial score (nSPS) is 29.1. The maximum Gasteiger partial charge on any atom is 0.246 e. The smallest absolute Gasteiger partial charge is 0.246 e. The molecule has 5 fully saturated rings. The number of nitrogens with two attached hydrogens (primary N) is 1. The summed E-state index contributed by atoms with van der Waals surface area (Å²) in [5.41, 5.74) is 6.26. The molecule has 31 heteroatoms. The highest BCUT2D eigenvalue weighted by Crippen LogP contribution is 2.29. The Labute approximate surface area is 544 Å². The fraction of sp³-hybridized carbons (Fsp3) is 0.689. The lowest BCUT2D eigenvalue weighted by molar-refractivity contribution is -0.148. The predicted molar refractivity (Wildman–Crippen MR) is 341 cm³/mol. The zero-order valence-electron chi connectivity index (χ0n) is 53.4. The Morgan fingerprint density at radius 1 is 0.489 bits per heavy atom. The summed E-state index contributed by atoms with van der Waals surface area (Å²) in [7, 11) is 1.95. The molecule has 0 unspecified atom stereocenters. The molecule has 14 N–H and O–H groups in total. The molecular formula is C61H94N14O15S2. The van der Waals surface area contributed by atoms with Gasteiger partial charge in [-0.15, -0.1) is 0 Å². The number of benzene rings is 1. The van der Waals surface area contributed by atoms with Crippen LogP contribution in [0.1, 0.15) is 124 Å². The van der Waals surface area contributed by atoms with Gasteiger partial charge in [0.05, 0.1) is 19.7 Å². The number of nitrogens with one attached hydrogen (secondary N) is 10. The first-order chi connectivity index (χ1) is 43.9. The molecule has 0 aliphatic carbocycles. The molecular weight excluding hydrogens is 1230 g/mol. The molecule has 0 radical (unpaired) electrons. The van der Waals surface area contributed by atoms with Crippen molar-refractivity contribution in [1.82, 2.24) is 67.9 Å². The standard InChI is InChI=1S/C61H94N14O15S2/c1-7-33(4)48-58(87)69-42-32-92-91-31-41(55(84)72-49(34(5)8-2)60(89)74-25-13-17-44(74)57(86)64-29-47(79)70-48)65-46(78)28-63-56(85)43-16-12-24-73(43)59(88)45-18-14-26-75(45)61(90)50(35(6)9-3)71-53(82)40(30-76)68-51(80)38(15-10-11-23-62)66-52(81)39(67-54(42)83)27-36-19-21-37(77)22-20-36/h19-22,33-35,38-45,48-50,76-77H,7-18,23-32,62H2,1-6H3,(H,63,85)(H,64,86)(H,65,78)(H,66,81)(H,67,83)(H,68,80)(H,69,87)(H,70,79)(H,71,82)(H,72,84)/t33-,34-,35-,38-,39-,40-,41+,42+,43+,44-,45+,48-,49+,50-/m1/s1. The molecule has 14 atom stereocenters. The van der Waals surface area contributed by atoms with Crippen molar-refractivity contribution in [3.63, 3.8) is 0 Å². The fourth-order valence-corrected chi connectivity index (χ4v) is 14.1.